The van der Waals surface area contributed by atoms with Crippen molar-refractivity contribution in [3.8, 4) is 0 Å². The molecule has 0 aromatic heterocycles. The number of piperidine rings is 1. The normalized spacial score (nSPS) is 17.4. The van der Waals surface area contributed by atoms with Crippen LogP contribution in [0.3, 0.4) is 0 Å². The van der Waals surface area contributed by atoms with E-state index in [1.165, 1.54) is 0 Å². The third kappa shape index (κ3) is 2.59. The Morgan fingerprint density at radius 3 is 2.62 bits per heavy atom. The topological polar surface area (TPSA) is 24.1 Å². The molecule has 0 saturated carbocycles. The van der Waals surface area contributed by atoms with Gasteiger partial charge in [0.2, 0.25) is 0 Å². The molecule has 1 heterocycles. The minimum Gasteiger partial charge on any atom is -0.380 e. The van der Waals surface area contributed by atoms with E-state index in [4.69, 9.17) is 23.2 Å². The molecule has 0 unspecified atom stereocenters. The molecule has 1 saturated heterocycles. The highest BCUT2D eigenvalue weighted by Crippen LogP contribution is 2.30. The number of hydrogen-bond donors (Lipinski definition) is 2. The standard InChI is InChI=1S/C11H13Cl2FN2/c12-8-1-2-9(11(14)10(8)13)16-7-3-5-15-6-4-7/h1-2,7,15-16H,3-6H2. The zero-order valence-corrected chi connectivity index (χ0v) is 10.2. The number of anilines is 1. The molecule has 2 N–H and O–H groups in total. The van der Waals surface area contributed by atoms with Crippen molar-refractivity contribution in [2.75, 3.05) is 18.4 Å². The lowest BCUT2D eigenvalue weighted by Crippen LogP contribution is -2.35. The molecule has 1 aromatic rings. The van der Waals surface area contributed by atoms with Gasteiger partial charge in [-0.25, -0.2) is 4.39 Å². The van der Waals surface area contributed by atoms with E-state index in [1.807, 2.05) is 0 Å². The molecule has 2 rings (SSSR count). The summed E-state index contributed by atoms with van der Waals surface area (Å²) in [6.45, 7) is 1.92. The monoisotopic (exact) mass is 262 g/mol. The fourth-order valence-electron chi connectivity index (χ4n) is 1.82. The maximum Gasteiger partial charge on any atom is 0.166 e. The summed E-state index contributed by atoms with van der Waals surface area (Å²) in [7, 11) is 0. The van der Waals surface area contributed by atoms with E-state index < -0.39 is 5.82 Å². The maximum absolute atomic E-state index is 13.7. The summed E-state index contributed by atoms with van der Waals surface area (Å²) < 4.78 is 13.7. The smallest absolute Gasteiger partial charge is 0.166 e. The van der Waals surface area contributed by atoms with E-state index in [9.17, 15) is 4.39 Å². The summed E-state index contributed by atoms with van der Waals surface area (Å²) in [5.74, 6) is -0.465. The molecule has 16 heavy (non-hydrogen) atoms. The first-order valence-corrected chi connectivity index (χ1v) is 6.05. The molecule has 88 valence electrons. The van der Waals surface area contributed by atoms with Gasteiger partial charge in [-0.3, -0.25) is 0 Å². The molecule has 5 heteroatoms. The number of nitrogens with one attached hydrogen (secondary N) is 2. The zero-order chi connectivity index (χ0) is 11.5. The molecule has 1 aliphatic heterocycles. The van der Waals surface area contributed by atoms with E-state index >= 15 is 0 Å². The number of rotatable bonds is 2. The number of hydrogen-bond acceptors (Lipinski definition) is 2. The van der Waals surface area contributed by atoms with Crippen LogP contribution in [-0.4, -0.2) is 19.1 Å². The van der Waals surface area contributed by atoms with Crippen LogP contribution in [0.25, 0.3) is 0 Å². The van der Waals surface area contributed by atoms with Crippen molar-refractivity contribution in [1.29, 1.82) is 0 Å². The Kier molecular flexibility index (Phi) is 3.90. The number of benzene rings is 1. The minimum absolute atomic E-state index is 0.0133. The van der Waals surface area contributed by atoms with Gasteiger partial charge in [-0.05, 0) is 38.1 Å². The Morgan fingerprint density at radius 2 is 1.94 bits per heavy atom. The first kappa shape index (κ1) is 12.0. The fourth-order valence-corrected chi connectivity index (χ4v) is 2.13. The molecule has 0 radical (unpaired) electrons. The summed E-state index contributed by atoms with van der Waals surface area (Å²) in [6.07, 6.45) is 1.97. The van der Waals surface area contributed by atoms with Gasteiger partial charge in [0.25, 0.3) is 0 Å². The van der Waals surface area contributed by atoms with E-state index in [0.29, 0.717) is 11.7 Å². The van der Waals surface area contributed by atoms with Gasteiger partial charge < -0.3 is 10.6 Å². The van der Waals surface area contributed by atoms with E-state index in [0.717, 1.165) is 25.9 Å². The summed E-state index contributed by atoms with van der Waals surface area (Å²) >= 11 is 11.5. The third-order valence-corrected chi connectivity index (χ3v) is 3.52. The van der Waals surface area contributed by atoms with Crippen LogP contribution in [-0.2, 0) is 0 Å². The second kappa shape index (κ2) is 5.21. The molecule has 0 atom stereocenters. The van der Waals surface area contributed by atoms with Gasteiger partial charge >= 0.3 is 0 Å². The second-order valence-electron chi connectivity index (χ2n) is 3.89. The molecular formula is C11H13Cl2FN2. The van der Waals surface area contributed by atoms with Gasteiger partial charge in [-0.2, -0.15) is 0 Å². The summed E-state index contributed by atoms with van der Waals surface area (Å²) in [6, 6.07) is 3.54. The van der Waals surface area contributed by atoms with Crippen LogP contribution in [0.5, 0.6) is 0 Å². The largest absolute Gasteiger partial charge is 0.380 e. The van der Waals surface area contributed by atoms with Gasteiger partial charge in [0.05, 0.1) is 15.7 Å². The van der Waals surface area contributed by atoms with Gasteiger partial charge in [0.1, 0.15) is 0 Å². The Bertz CT molecular complexity index is 378. The first-order valence-electron chi connectivity index (χ1n) is 5.29. The average molecular weight is 263 g/mol. The quantitative estimate of drug-likeness (QED) is 0.800. The molecule has 0 amide bonds. The molecule has 0 spiro atoms. The molecular weight excluding hydrogens is 250 g/mol. The highest BCUT2D eigenvalue weighted by atomic mass is 35.5. The van der Waals surface area contributed by atoms with Crippen LogP contribution in [0.1, 0.15) is 12.8 Å². The molecule has 1 aliphatic rings. The highest BCUT2D eigenvalue weighted by Gasteiger charge is 2.16. The summed E-state index contributed by atoms with van der Waals surface area (Å²) in [5.41, 5.74) is 0.432. The van der Waals surface area contributed by atoms with Crippen molar-refractivity contribution in [3.05, 3.63) is 28.0 Å². The molecule has 1 fully saturated rings. The molecule has 1 aromatic carbocycles. The zero-order valence-electron chi connectivity index (χ0n) is 8.69. The maximum atomic E-state index is 13.7. The molecule has 0 bridgehead atoms. The predicted molar refractivity (Wildman–Crippen MR) is 65.9 cm³/mol. The van der Waals surface area contributed by atoms with Crippen molar-refractivity contribution in [1.82, 2.24) is 5.32 Å². The SMILES string of the molecule is Fc1c(NC2CCNCC2)ccc(Cl)c1Cl. The van der Waals surface area contributed by atoms with Gasteiger partial charge in [0.15, 0.2) is 5.82 Å². The lowest BCUT2D eigenvalue weighted by Gasteiger charge is -2.25. The van der Waals surface area contributed by atoms with Crippen molar-refractivity contribution in [2.24, 2.45) is 0 Å². The van der Waals surface area contributed by atoms with Gasteiger partial charge in [0, 0.05) is 6.04 Å². The Balaban J connectivity index is 2.11. The van der Waals surface area contributed by atoms with Crippen molar-refractivity contribution < 1.29 is 4.39 Å². The van der Waals surface area contributed by atoms with Crippen LogP contribution < -0.4 is 10.6 Å². The van der Waals surface area contributed by atoms with Crippen LogP contribution in [0.2, 0.25) is 10.0 Å². The van der Waals surface area contributed by atoms with Crippen LogP contribution in [0.15, 0.2) is 12.1 Å². The van der Waals surface area contributed by atoms with Crippen molar-refractivity contribution in [2.45, 2.75) is 18.9 Å². The average Bonchev–Trinajstić information content (AvgIpc) is 2.31. The number of halogens is 3. The lowest BCUT2D eigenvalue weighted by atomic mass is 10.1. The highest BCUT2D eigenvalue weighted by molar-refractivity contribution is 6.42. The third-order valence-electron chi connectivity index (χ3n) is 2.73. The summed E-state index contributed by atoms with van der Waals surface area (Å²) in [5, 5.41) is 6.65. The Labute approximate surface area is 104 Å². The predicted octanol–water partition coefficient (Wildman–Crippen LogP) is 3.30. The van der Waals surface area contributed by atoms with Crippen molar-refractivity contribution in [3.63, 3.8) is 0 Å². The Morgan fingerprint density at radius 1 is 1.25 bits per heavy atom. The van der Waals surface area contributed by atoms with Crippen LogP contribution in [0, 0.1) is 5.82 Å². The minimum atomic E-state index is -0.465. The van der Waals surface area contributed by atoms with Crippen LogP contribution >= 0.6 is 23.2 Å². The molecule has 0 aliphatic carbocycles. The summed E-state index contributed by atoms with van der Waals surface area (Å²) in [4.78, 5) is 0. The van der Waals surface area contributed by atoms with E-state index in [1.54, 1.807) is 12.1 Å². The van der Waals surface area contributed by atoms with Crippen LogP contribution in [0.4, 0.5) is 10.1 Å². The van der Waals surface area contributed by atoms with Gasteiger partial charge in [-0.15, -0.1) is 0 Å². The van der Waals surface area contributed by atoms with E-state index in [-0.39, 0.29) is 10.0 Å². The fraction of sp³-hybridized carbons (Fsp3) is 0.455. The van der Waals surface area contributed by atoms with E-state index in [2.05, 4.69) is 10.6 Å². The van der Waals surface area contributed by atoms with Gasteiger partial charge in [-0.1, -0.05) is 23.2 Å². The first-order chi connectivity index (χ1) is 7.68. The second-order valence-corrected chi connectivity index (χ2v) is 4.68. The lowest BCUT2D eigenvalue weighted by molar-refractivity contribution is 0.477. The van der Waals surface area contributed by atoms with Crippen molar-refractivity contribution >= 4 is 28.9 Å². The molecule has 2 nitrogen and oxygen atoms in total. The Hall–Kier alpha value is -0.510.